The maximum atomic E-state index is 11.7. The van der Waals surface area contributed by atoms with Gasteiger partial charge in [-0.3, -0.25) is 0 Å². The zero-order chi connectivity index (χ0) is 14.0. The molecule has 1 aromatic carbocycles. The molecule has 0 saturated carbocycles. The van der Waals surface area contributed by atoms with Crippen molar-refractivity contribution in [1.29, 1.82) is 0 Å². The van der Waals surface area contributed by atoms with Crippen LogP contribution in [0.2, 0.25) is 4.34 Å². The lowest BCUT2D eigenvalue weighted by Crippen LogP contribution is -2.05. The van der Waals surface area contributed by atoms with Crippen molar-refractivity contribution in [3.8, 4) is 0 Å². The Kier molecular flexibility index (Phi) is 4.55. The van der Waals surface area contributed by atoms with Crippen LogP contribution in [-0.2, 0) is 16.4 Å². The maximum Gasteiger partial charge on any atom is 0.177 e. The fourth-order valence-electron chi connectivity index (χ4n) is 1.60. The molecule has 0 fully saturated rings. The van der Waals surface area contributed by atoms with Gasteiger partial charge in [-0.2, -0.15) is 0 Å². The van der Waals surface area contributed by atoms with Crippen LogP contribution in [0.15, 0.2) is 39.7 Å². The van der Waals surface area contributed by atoms with E-state index >= 15 is 0 Å². The summed E-state index contributed by atoms with van der Waals surface area (Å²) in [6.45, 7) is 0.530. The topological polar surface area (TPSA) is 46.2 Å². The molecule has 102 valence electrons. The van der Waals surface area contributed by atoms with E-state index in [1.54, 1.807) is 24.3 Å². The van der Waals surface area contributed by atoms with Gasteiger partial charge in [0, 0.05) is 22.2 Å². The van der Waals surface area contributed by atoms with Crippen molar-refractivity contribution in [2.45, 2.75) is 11.4 Å². The normalized spacial score (nSPS) is 11.5. The minimum absolute atomic E-state index is 0.303. The number of benzene rings is 1. The van der Waals surface area contributed by atoms with Gasteiger partial charge in [-0.05, 0) is 34.1 Å². The highest BCUT2D eigenvalue weighted by atomic mass is 79.9. The van der Waals surface area contributed by atoms with Crippen LogP contribution in [0.4, 0.5) is 5.69 Å². The SMILES string of the molecule is CS(=O)(=O)c1ccccc1NCc1cc(Br)c(Cl)s1. The van der Waals surface area contributed by atoms with Crippen molar-refractivity contribution in [2.24, 2.45) is 0 Å². The molecule has 1 heterocycles. The van der Waals surface area contributed by atoms with Gasteiger partial charge >= 0.3 is 0 Å². The molecule has 3 nitrogen and oxygen atoms in total. The van der Waals surface area contributed by atoms with Crippen LogP contribution < -0.4 is 5.32 Å². The zero-order valence-corrected chi connectivity index (χ0v) is 14.0. The molecule has 1 aromatic heterocycles. The number of rotatable bonds is 4. The van der Waals surface area contributed by atoms with E-state index in [1.807, 2.05) is 6.07 Å². The van der Waals surface area contributed by atoms with E-state index < -0.39 is 9.84 Å². The highest BCUT2D eigenvalue weighted by molar-refractivity contribution is 9.10. The molecule has 19 heavy (non-hydrogen) atoms. The van der Waals surface area contributed by atoms with Crippen LogP contribution in [0.5, 0.6) is 0 Å². The first-order valence-electron chi connectivity index (χ1n) is 5.34. The van der Waals surface area contributed by atoms with Crippen molar-refractivity contribution in [3.63, 3.8) is 0 Å². The predicted octanol–water partition coefficient (Wildman–Crippen LogP) is 4.18. The van der Waals surface area contributed by atoms with Crippen LogP contribution in [0, 0.1) is 0 Å². The minimum atomic E-state index is -3.24. The molecule has 2 aromatic rings. The van der Waals surface area contributed by atoms with E-state index in [-0.39, 0.29) is 0 Å². The van der Waals surface area contributed by atoms with Gasteiger partial charge in [0.1, 0.15) is 4.34 Å². The van der Waals surface area contributed by atoms with Gasteiger partial charge in [-0.25, -0.2) is 8.42 Å². The monoisotopic (exact) mass is 379 g/mol. The summed E-state index contributed by atoms with van der Waals surface area (Å²) in [6, 6.07) is 8.77. The second-order valence-electron chi connectivity index (χ2n) is 3.96. The maximum absolute atomic E-state index is 11.7. The lowest BCUT2D eigenvalue weighted by atomic mass is 10.3. The highest BCUT2D eigenvalue weighted by Crippen LogP contribution is 2.32. The number of sulfone groups is 1. The van der Waals surface area contributed by atoms with Crippen LogP contribution in [-0.4, -0.2) is 14.7 Å². The van der Waals surface area contributed by atoms with E-state index in [0.717, 1.165) is 9.35 Å². The first-order valence-corrected chi connectivity index (χ1v) is 9.22. The second kappa shape index (κ2) is 5.83. The molecule has 0 bridgehead atoms. The number of para-hydroxylation sites is 1. The van der Waals surface area contributed by atoms with E-state index in [4.69, 9.17) is 11.6 Å². The van der Waals surface area contributed by atoms with E-state index in [1.165, 1.54) is 17.6 Å². The Bertz CT molecular complexity index is 678. The summed E-state index contributed by atoms with van der Waals surface area (Å²) in [7, 11) is -3.24. The van der Waals surface area contributed by atoms with Crippen LogP contribution in [0.3, 0.4) is 0 Å². The molecule has 0 radical (unpaired) electrons. The van der Waals surface area contributed by atoms with Crippen LogP contribution in [0.1, 0.15) is 4.88 Å². The number of hydrogen-bond acceptors (Lipinski definition) is 4. The summed E-state index contributed by atoms with van der Waals surface area (Å²) in [5.41, 5.74) is 0.602. The Morgan fingerprint density at radius 1 is 1.37 bits per heavy atom. The number of nitrogens with one attached hydrogen (secondary N) is 1. The third-order valence-electron chi connectivity index (χ3n) is 2.44. The molecule has 0 aliphatic carbocycles. The van der Waals surface area contributed by atoms with Gasteiger partial charge in [-0.15, -0.1) is 11.3 Å². The lowest BCUT2D eigenvalue weighted by molar-refractivity contribution is 0.602. The smallest absolute Gasteiger partial charge is 0.177 e. The molecule has 1 N–H and O–H groups in total. The first-order chi connectivity index (χ1) is 8.88. The van der Waals surface area contributed by atoms with Gasteiger partial charge in [0.25, 0.3) is 0 Å². The standard InChI is InChI=1S/C12H11BrClNO2S2/c1-19(16,17)11-5-3-2-4-10(11)15-7-8-6-9(13)12(14)18-8/h2-6,15H,7H2,1H3. The summed E-state index contributed by atoms with van der Waals surface area (Å²) < 4.78 is 24.9. The summed E-state index contributed by atoms with van der Waals surface area (Å²) in [6.07, 6.45) is 1.20. The average Bonchev–Trinajstić information content (AvgIpc) is 2.65. The quantitative estimate of drug-likeness (QED) is 0.865. The molecule has 0 aliphatic heterocycles. The molecule has 7 heteroatoms. The summed E-state index contributed by atoms with van der Waals surface area (Å²) >= 11 is 10.8. The van der Waals surface area contributed by atoms with Gasteiger partial charge in [0.15, 0.2) is 9.84 Å². The fraction of sp³-hybridized carbons (Fsp3) is 0.167. The van der Waals surface area contributed by atoms with Crippen molar-refractivity contribution < 1.29 is 8.42 Å². The third kappa shape index (κ3) is 3.72. The van der Waals surface area contributed by atoms with E-state index in [9.17, 15) is 8.42 Å². The summed E-state index contributed by atoms with van der Waals surface area (Å²) in [4.78, 5) is 1.33. The Balaban J connectivity index is 2.21. The third-order valence-corrected chi connectivity index (χ3v) is 6.07. The lowest BCUT2D eigenvalue weighted by Gasteiger charge is -2.09. The first kappa shape index (κ1) is 14.8. The van der Waals surface area contributed by atoms with Gasteiger partial charge in [-0.1, -0.05) is 23.7 Å². The Hall–Kier alpha value is -0.560. The molecule has 0 saturated heterocycles. The molecule has 0 amide bonds. The molecule has 0 atom stereocenters. The zero-order valence-electron chi connectivity index (χ0n) is 9.98. The van der Waals surface area contributed by atoms with Gasteiger partial charge < -0.3 is 5.32 Å². The second-order valence-corrected chi connectivity index (χ2v) is 8.53. The van der Waals surface area contributed by atoms with Gasteiger partial charge in [0.2, 0.25) is 0 Å². The summed E-state index contributed by atoms with van der Waals surface area (Å²) in [5, 5.41) is 3.13. The molecule has 2 rings (SSSR count). The average molecular weight is 381 g/mol. The van der Waals surface area contributed by atoms with Gasteiger partial charge in [0.05, 0.1) is 10.6 Å². The number of hydrogen-bond donors (Lipinski definition) is 1. The molecule has 0 aliphatic rings. The molecular formula is C12H11BrClNO2S2. The molecule has 0 unspecified atom stereocenters. The molecular weight excluding hydrogens is 370 g/mol. The Morgan fingerprint density at radius 3 is 2.63 bits per heavy atom. The number of anilines is 1. The largest absolute Gasteiger partial charge is 0.379 e. The van der Waals surface area contributed by atoms with Crippen molar-refractivity contribution in [3.05, 3.63) is 44.0 Å². The van der Waals surface area contributed by atoms with Crippen LogP contribution in [0.25, 0.3) is 0 Å². The van der Waals surface area contributed by atoms with Crippen molar-refractivity contribution in [1.82, 2.24) is 0 Å². The Labute approximate surface area is 129 Å². The van der Waals surface area contributed by atoms with E-state index in [2.05, 4.69) is 21.2 Å². The van der Waals surface area contributed by atoms with Crippen molar-refractivity contribution in [2.75, 3.05) is 11.6 Å². The van der Waals surface area contributed by atoms with Crippen LogP contribution >= 0.6 is 38.9 Å². The highest BCUT2D eigenvalue weighted by Gasteiger charge is 2.12. The predicted molar refractivity (Wildman–Crippen MR) is 83.9 cm³/mol. The Morgan fingerprint density at radius 2 is 2.05 bits per heavy atom. The number of thiophene rings is 1. The van der Waals surface area contributed by atoms with E-state index in [0.29, 0.717) is 21.5 Å². The molecule has 0 spiro atoms. The fourth-order valence-corrected chi connectivity index (χ4v) is 4.19. The summed E-state index contributed by atoms with van der Waals surface area (Å²) in [5.74, 6) is 0. The number of halogens is 2. The van der Waals surface area contributed by atoms with Crippen molar-refractivity contribution >= 4 is 54.4 Å². The minimum Gasteiger partial charge on any atom is -0.379 e.